The largest absolute Gasteiger partial charge is 2.00 e. The summed E-state index contributed by atoms with van der Waals surface area (Å²) in [6.07, 6.45) is 11.4. The van der Waals surface area contributed by atoms with Gasteiger partial charge in [-0.2, -0.15) is 0 Å². The summed E-state index contributed by atoms with van der Waals surface area (Å²) < 4.78 is 10.8. The third kappa shape index (κ3) is 4.78. The monoisotopic (exact) mass is 852 g/mol. The summed E-state index contributed by atoms with van der Waals surface area (Å²) in [5.41, 5.74) is 13.7. The van der Waals surface area contributed by atoms with Crippen molar-refractivity contribution in [3.8, 4) is 33.8 Å². The number of fused-ring (bicyclic) bond motifs is 12. The van der Waals surface area contributed by atoms with Crippen LogP contribution in [-0.2, 0) is 21.1 Å². The van der Waals surface area contributed by atoms with Crippen LogP contribution in [0.5, 0.6) is 11.5 Å². The molecule has 0 aliphatic rings. The van der Waals surface area contributed by atoms with E-state index >= 15 is 0 Å². The van der Waals surface area contributed by atoms with Crippen molar-refractivity contribution in [2.24, 2.45) is 0 Å². The molecule has 5 heterocycles. The molecule has 52 heavy (non-hydrogen) atoms. The van der Waals surface area contributed by atoms with Gasteiger partial charge in [0.2, 0.25) is 0 Å². The molecule has 0 aliphatic heterocycles. The summed E-state index contributed by atoms with van der Waals surface area (Å²) in [5, 5.41) is 6.03. The number of aromatic nitrogens is 5. The number of pyridine rings is 3. The molecule has 10 aromatic rings. The van der Waals surface area contributed by atoms with Gasteiger partial charge in [-0.3, -0.25) is 15.0 Å². The van der Waals surface area contributed by atoms with Crippen LogP contribution in [0, 0.1) is 39.8 Å². The van der Waals surface area contributed by atoms with Crippen molar-refractivity contribution < 1.29 is 25.8 Å². The molecule has 0 unspecified atom stereocenters. The van der Waals surface area contributed by atoms with Gasteiger partial charge in [0.25, 0.3) is 0 Å². The predicted molar refractivity (Wildman–Crippen MR) is 206 cm³/mol. The van der Waals surface area contributed by atoms with Gasteiger partial charge in [-0.25, -0.2) is 0 Å². The summed E-state index contributed by atoms with van der Waals surface area (Å²) in [6.45, 7) is 8.79. The van der Waals surface area contributed by atoms with Crippen LogP contribution in [0.4, 0.5) is 0 Å². The van der Waals surface area contributed by atoms with Crippen molar-refractivity contribution >= 4 is 54.6 Å². The molecule has 0 fully saturated rings. The van der Waals surface area contributed by atoms with E-state index in [1.54, 1.807) is 6.20 Å². The molecule has 6 nitrogen and oxygen atoms in total. The van der Waals surface area contributed by atoms with Crippen LogP contribution < -0.4 is 4.74 Å². The Balaban J connectivity index is 0.00000360. The summed E-state index contributed by atoms with van der Waals surface area (Å²) >= 11 is 0. The first-order chi connectivity index (χ1) is 24.9. The standard InChI is InChI=1S/C45H31N5O.Pt/c1-26-7-5-8-27(2)41(26)30-21-35-33-13-11-31(51-32-12-14-34-37(24-32)44-47-17-19-49(44)40-15-16-46-25-39(34)40)23-36(33)45-48-18-20-50(45)43(35)38(22-30)42-28(3)9-6-10-29(42)4;/h5-22,25H,1-4H3;/q-2;+2. The Labute approximate surface area is 314 Å². The third-order valence-corrected chi connectivity index (χ3v) is 10.3. The van der Waals surface area contributed by atoms with E-state index in [2.05, 4.69) is 125 Å². The molecule has 0 saturated carbocycles. The number of hydrogen-bond acceptors (Lipinski definition) is 4. The van der Waals surface area contributed by atoms with Gasteiger partial charge in [-0.15, -0.1) is 12.1 Å². The van der Waals surface area contributed by atoms with E-state index in [4.69, 9.17) is 9.72 Å². The average molecular weight is 853 g/mol. The first-order valence-electron chi connectivity index (χ1n) is 17.1. The van der Waals surface area contributed by atoms with E-state index in [1.807, 2.05) is 43.0 Å². The molecule has 5 aromatic carbocycles. The summed E-state index contributed by atoms with van der Waals surface area (Å²) in [4.78, 5) is 13.9. The van der Waals surface area contributed by atoms with E-state index in [9.17, 15) is 0 Å². The second-order valence-electron chi connectivity index (χ2n) is 13.4. The quantitative estimate of drug-likeness (QED) is 0.131. The fourth-order valence-electron chi connectivity index (χ4n) is 8.09. The number of benzene rings is 5. The van der Waals surface area contributed by atoms with E-state index in [0.717, 1.165) is 54.6 Å². The van der Waals surface area contributed by atoms with Crippen LogP contribution in [0.25, 0.3) is 76.9 Å². The van der Waals surface area contributed by atoms with Crippen molar-refractivity contribution in [1.29, 1.82) is 0 Å². The van der Waals surface area contributed by atoms with E-state index in [-0.39, 0.29) is 21.1 Å². The van der Waals surface area contributed by atoms with Crippen molar-refractivity contribution in [1.82, 2.24) is 23.8 Å². The molecular formula is C45H31N5OPt. The summed E-state index contributed by atoms with van der Waals surface area (Å²) in [5.74, 6) is 1.17. The molecular weight excluding hydrogens is 822 g/mol. The third-order valence-electron chi connectivity index (χ3n) is 10.3. The Bertz CT molecular complexity index is 3030. The maximum Gasteiger partial charge on any atom is 2.00 e. The van der Waals surface area contributed by atoms with Gasteiger partial charge in [0.1, 0.15) is 0 Å². The van der Waals surface area contributed by atoms with Crippen LogP contribution in [0.2, 0.25) is 0 Å². The number of hydrogen-bond donors (Lipinski definition) is 0. The van der Waals surface area contributed by atoms with Gasteiger partial charge in [-0.1, -0.05) is 88.3 Å². The molecule has 0 spiro atoms. The smallest absolute Gasteiger partial charge is 0.497 e. The normalized spacial score (nSPS) is 11.7. The molecule has 0 saturated heterocycles. The van der Waals surface area contributed by atoms with Crippen LogP contribution in [0.1, 0.15) is 22.3 Å². The van der Waals surface area contributed by atoms with E-state index < -0.39 is 0 Å². The Kier molecular flexibility index (Phi) is 7.49. The Morgan fingerprint density at radius 2 is 1.15 bits per heavy atom. The molecule has 0 radical (unpaired) electrons. The van der Waals surface area contributed by atoms with Crippen LogP contribution in [0.15, 0.2) is 116 Å². The maximum atomic E-state index is 6.52. The fourth-order valence-corrected chi connectivity index (χ4v) is 8.09. The van der Waals surface area contributed by atoms with Crippen LogP contribution >= 0.6 is 0 Å². The molecule has 0 N–H and O–H groups in total. The molecule has 7 heteroatoms. The number of rotatable bonds is 4. The number of aryl methyl sites for hydroxylation is 4. The molecule has 0 aliphatic carbocycles. The zero-order valence-corrected chi connectivity index (χ0v) is 31.2. The summed E-state index contributed by atoms with van der Waals surface area (Å²) in [7, 11) is 0. The van der Waals surface area contributed by atoms with Gasteiger partial charge < -0.3 is 13.5 Å². The molecule has 0 bridgehead atoms. The SMILES string of the molecule is Cc1cccc(C)c1-c1cc(-c2c(C)cccc2C)c2c(c1)c1ccc(Oc3[c-]c4c(cc3)c3cnccc3n3ccnc43)[c-]c1c1nccn12.[Pt+2]. The van der Waals surface area contributed by atoms with Crippen LogP contribution in [0.3, 0.4) is 0 Å². The predicted octanol–water partition coefficient (Wildman–Crippen LogP) is 10.9. The Morgan fingerprint density at radius 1 is 0.577 bits per heavy atom. The number of imidazole rings is 2. The Morgan fingerprint density at radius 3 is 1.81 bits per heavy atom. The van der Waals surface area contributed by atoms with Gasteiger partial charge >= 0.3 is 21.1 Å². The fraction of sp³-hybridized carbons (Fsp3) is 0.0889. The van der Waals surface area contributed by atoms with Gasteiger partial charge in [-0.05, 0) is 89.5 Å². The summed E-state index contributed by atoms with van der Waals surface area (Å²) in [6, 6.07) is 35.0. The molecule has 10 rings (SSSR count). The zero-order valence-electron chi connectivity index (χ0n) is 28.9. The van der Waals surface area contributed by atoms with Crippen LogP contribution in [-0.4, -0.2) is 23.8 Å². The minimum Gasteiger partial charge on any atom is -0.497 e. The van der Waals surface area contributed by atoms with Crippen molar-refractivity contribution in [2.45, 2.75) is 27.7 Å². The first-order valence-corrected chi connectivity index (χ1v) is 17.1. The van der Waals surface area contributed by atoms with E-state index in [0.29, 0.717) is 11.5 Å². The van der Waals surface area contributed by atoms with Gasteiger partial charge in [0.15, 0.2) is 0 Å². The van der Waals surface area contributed by atoms with Gasteiger partial charge in [0.05, 0.1) is 11.3 Å². The number of ether oxygens (including phenoxy) is 1. The van der Waals surface area contributed by atoms with E-state index in [1.165, 1.54) is 44.5 Å². The minimum absolute atomic E-state index is 0. The second kappa shape index (κ2) is 12.1. The second-order valence-corrected chi connectivity index (χ2v) is 13.4. The topological polar surface area (TPSA) is 56.7 Å². The minimum atomic E-state index is 0. The van der Waals surface area contributed by atoms with Crippen molar-refractivity contribution in [3.05, 3.63) is 150 Å². The average Bonchev–Trinajstić information content (AvgIpc) is 3.83. The molecule has 252 valence electrons. The zero-order chi connectivity index (χ0) is 34.4. The van der Waals surface area contributed by atoms with Gasteiger partial charge in [0, 0.05) is 65.3 Å². The Hall–Kier alpha value is -5.84. The molecule has 0 amide bonds. The number of nitrogens with zero attached hydrogens (tertiary/aromatic N) is 5. The molecule has 5 aromatic heterocycles. The maximum absolute atomic E-state index is 6.52. The molecule has 0 atom stereocenters. The van der Waals surface area contributed by atoms with Crippen molar-refractivity contribution in [2.75, 3.05) is 0 Å². The first kappa shape index (κ1) is 32.1. The van der Waals surface area contributed by atoms with Crippen molar-refractivity contribution in [3.63, 3.8) is 0 Å².